The number of rotatable bonds is 5. The molecular weight excluding hydrogens is 272 g/mol. The second-order valence-electron chi connectivity index (χ2n) is 6.71. The predicted octanol–water partition coefficient (Wildman–Crippen LogP) is 2.60. The molecule has 0 spiro atoms. The molecule has 0 bridgehead atoms. The zero-order chi connectivity index (χ0) is 16.1. The SMILES string of the molecule is CN=C(NCC(CC(C)C)N(C)C)N1CCc2ccccc21. The molecule has 0 saturated heterocycles. The Balaban J connectivity index is 2.02. The minimum atomic E-state index is 0.523. The molecule has 1 heterocycles. The lowest BCUT2D eigenvalue weighted by Crippen LogP contribution is -2.47. The van der Waals surface area contributed by atoms with Crippen molar-refractivity contribution in [3.05, 3.63) is 29.8 Å². The third kappa shape index (κ3) is 4.01. The molecule has 0 amide bonds. The highest BCUT2D eigenvalue weighted by atomic mass is 15.3. The molecule has 1 N–H and O–H groups in total. The van der Waals surface area contributed by atoms with Gasteiger partial charge in [0.05, 0.1) is 0 Å². The van der Waals surface area contributed by atoms with Gasteiger partial charge in [0.2, 0.25) is 0 Å². The van der Waals surface area contributed by atoms with E-state index in [2.05, 4.69) is 72.3 Å². The van der Waals surface area contributed by atoms with Crippen LogP contribution in [0, 0.1) is 5.92 Å². The minimum absolute atomic E-state index is 0.523. The van der Waals surface area contributed by atoms with E-state index in [0.717, 1.165) is 25.5 Å². The van der Waals surface area contributed by atoms with E-state index in [9.17, 15) is 0 Å². The van der Waals surface area contributed by atoms with Crippen molar-refractivity contribution in [2.45, 2.75) is 32.7 Å². The topological polar surface area (TPSA) is 30.9 Å². The largest absolute Gasteiger partial charge is 0.354 e. The van der Waals surface area contributed by atoms with Crippen molar-refractivity contribution in [3.8, 4) is 0 Å². The number of nitrogens with one attached hydrogen (secondary N) is 1. The van der Waals surface area contributed by atoms with Crippen LogP contribution in [0.5, 0.6) is 0 Å². The molecule has 0 fully saturated rings. The number of hydrogen-bond donors (Lipinski definition) is 1. The van der Waals surface area contributed by atoms with Gasteiger partial charge in [0.25, 0.3) is 0 Å². The van der Waals surface area contributed by atoms with Crippen LogP contribution in [0.2, 0.25) is 0 Å². The van der Waals surface area contributed by atoms with Crippen molar-refractivity contribution in [1.82, 2.24) is 10.2 Å². The summed E-state index contributed by atoms with van der Waals surface area (Å²) in [6.07, 6.45) is 2.29. The molecule has 122 valence electrons. The first-order chi connectivity index (χ1) is 10.5. The van der Waals surface area contributed by atoms with E-state index < -0.39 is 0 Å². The molecule has 0 radical (unpaired) electrons. The van der Waals surface area contributed by atoms with Crippen LogP contribution in [0.15, 0.2) is 29.3 Å². The number of anilines is 1. The lowest BCUT2D eigenvalue weighted by molar-refractivity contribution is 0.254. The quantitative estimate of drug-likeness (QED) is 0.670. The molecule has 1 unspecified atom stereocenters. The fourth-order valence-electron chi connectivity index (χ4n) is 3.08. The molecule has 1 aliphatic heterocycles. The highest BCUT2D eigenvalue weighted by Gasteiger charge is 2.23. The summed E-state index contributed by atoms with van der Waals surface area (Å²) < 4.78 is 0. The highest BCUT2D eigenvalue weighted by Crippen LogP contribution is 2.27. The van der Waals surface area contributed by atoms with Crippen molar-refractivity contribution >= 4 is 11.6 Å². The third-order valence-corrected chi connectivity index (χ3v) is 4.32. The Hall–Kier alpha value is -1.55. The van der Waals surface area contributed by atoms with Crippen molar-refractivity contribution in [3.63, 3.8) is 0 Å². The van der Waals surface area contributed by atoms with E-state index in [1.807, 2.05) is 7.05 Å². The maximum absolute atomic E-state index is 4.49. The van der Waals surface area contributed by atoms with Crippen LogP contribution in [0.3, 0.4) is 0 Å². The summed E-state index contributed by atoms with van der Waals surface area (Å²) in [7, 11) is 6.18. The first-order valence-corrected chi connectivity index (χ1v) is 8.25. The first-order valence-electron chi connectivity index (χ1n) is 8.25. The molecule has 1 aliphatic rings. The van der Waals surface area contributed by atoms with E-state index in [4.69, 9.17) is 0 Å². The summed E-state index contributed by atoms with van der Waals surface area (Å²) in [5, 5.41) is 3.57. The molecular formula is C18H30N4. The van der Waals surface area contributed by atoms with Crippen LogP contribution >= 0.6 is 0 Å². The molecule has 0 saturated carbocycles. The van der Waals surface area contributed by atoms with Gasteiger partial charge in [-0.1, -0.05) is 32.0 Å². The van der Waals surface area contributed by atoms with Crippen LogP contribution in [-0.4, -0.2) is 51.1 Å². The number of fused-ring (bicyclic) bond motifs is 1. The molecule has 0 aliphatic carbocycles. The number of guanidine groups is 1. The van der Waals surface area contributed by atoms with Crippen molar-refractivity contribution in [1.29, 1.82) is 0 Å². The molecule has 4 heteroatoms. The van der Waals surface area contributed by atoms with Gasteiger partial charge >= 0.3 is 0 Å². The third-order valence-electron chi connectivity index (χ3n) is 4.32. The Bertz CT molecular complexity index is 508. The van der Waals surface area contributed by atoms with Crippen molar-refractivity contribution < 1.29 is 0 Å². The van der Waals surface area contributed by atoms with Crippen LogP contribution in [0.1, 0.15) is 25.8 Å². The summed E-state index contributed by atoms with van der Waals surface area (Å²) >= 11 is 0. The fourth-order valence-corrected chi connectivity index (χ4v) is 3.08. The number of aliphatic imine (C=N–C) groups is 1. The standard InChI is InChI=1S/C18H30N4/c1-14(2)12-16(21(4)5)13-20-18(19-3)22-11-10-15-8-6-7-9-17(15)22/h6-9,14,16H,10-13H2,1-5H3,(H,19,20). The second-order valence-corrected chi connectivity index (χ2v) is 6.71. The average Bonchev–Trinajstić information content (AvgIpc) is 2.90. The average molecular weight is 302 g/mol. The van der Waals surface area contributed by atoms with E-state index >= 15 is 0 Å². The van der Waals surface area contributed by atoms with Gasteiger partial charge in [-0.05, 0) is 44.5 Å². The van der Waals surface area contributed by atoms with Crippen LogP contribution in [-0.2, 0) is 6.42 Å². The highest BCUT2D eigenvalue weighted by molar-refractivity contribution is 5.97. The lowest BCUT2D eigenvalue weighted by Gasteiger charge is -2.29. The van der Waals surface area contributed by atoms with Crippen molar-refractivity contribution in [2.24, 2.45) is 10.9 Å². The predicted molar refractivity (Wildman–Crippen MR) is 95.8 cm³/mol. The maximum Gasteiger partial charge on any atom is 0.198 e. The fraction of sp³-hybridized carbons (Fsp3) is 0.611. The maximum atomic E-state index is 4.49. The molecule has 0 aromatic heterocycles. The summed E-state index contributed by atoms with van der Waals surface area (Å²) in [6.45, 7) is 6.50. The summed E-state index contributed by atoms with van der Waals surface area (Å²) in [5.74, 6) is 1.68. The first kappa shape index (κ1) is 16.8. The summed E-state index contributed by atoms with van der Waals surface area (Å²) in [5.41, 5.74) is 2.71. The van der Waals surface area contributed by atoms with Gasteiger partial charge in [-0.3, -0.25) is 4.99 Å². The van der Waals surface area contributed by atoms with Gasteiger partial charge in [-0.15, -0.1) is 0 Å². The number of benzene rings is 1. The second kappa shape index (κ2) is 7.63. The smallest absolute Gasteiger partial charge is 0.198 e. The molecule has 2 rings (SSSR count). The normalized spacial score (nSPS) is 16.3. The molecule has 1 aromatic carbocycles. The number of likely N-dealkylation sites (N-methyl/N-ethyl adjacent to an activating group) is 1. The van der Waals surface area contributed by atoms with Crippen molar-refractivity contribution in [2.75, 3.05) is 39.1 Å². The Morgan fingerprint density at radius 2 is 2.05 bits per heavy atom. The Labute approximate surface area is 135 Å². The Kier molecular flexibility index (Phi) is 5.83. The van der Waals surface area contributed by atoms with E-state index in [0.29, 0.717) is 12.0 Å². The van der Waals surface area contributed by atoms with E-state index in [-0.39, 0.29) is 0 Å². The molecule has 1 aromatic rings. The lowest BCUT2D eigenvalue weighted by atomic mass is 10.0. The monoisotopic (exact) mass is 302 g/mol. The van der Waals surface area contributed by atoms with E-state index in [1.165, 1.54) is 17.7 Å². The zero-order valence-electron chi connectivity index (χ0n) is 14.6. The van der Waals surface area contributed by atoms with E-state index in [1.54, 1.807) is 0 Å². The zero-order valence-corrected chi connectivity index (χ0v) is 14.6. The van der Waals surface area contributed by atoms with Crippen LogP contribution in [0.25, 0.3) is 0 Å². The van der Waals surface area contributed by atoms with Gasteiger partial charge in [0.1, 0.15) is 0 Å². The van der Waals surface area contributed by atoms with Gasteiger partial charge in [0, 0.05) is 31.9 Å². The van der Waals surface area contributed by atoms with Gasteiger partial charge in [0.15, 0.2) is 5.96 Å². The number of hydrogen-bond acceptors (Lipinski definition) is 2. The molecule has 1 atom stereocenters. The number of nitrogens with zero attached hydrogens (tertiary/aromatic N) is 3. The van der Waals surface area contributed by atoms with Crippen LogP contribution in [0.4, 0.5) is 5.69 Å². The Morgan fingerprint density at radius 1 is 1.32 bits per heavy atom. The Morgan fingerprint density at radius 3 is 2.68 bits per heavy atom. The minimum Gasteiger partial charge on any atom is -0.354 e. The summed E-state index contributed by atoms with van der Waals surface area (Å²) in [6, 6.07) is 9.14. The summed E-state index contributed by atoms with van der Waals surface area (Å²) in [4.78, 5) is 9.10. The van der Waals surface area contributed by atoms with Gasteiger partial charge in [-0.2, -0.15) is 0 Å². The van der Waals surface area contributed by atoms with Gasteiger partial charge in [-0.25, -0.2) is 0 Å². The van der Waals surface area contributed by atoms with Crippen LogP contribution < -0.4 is 10.2 Å². The molecule has 4 nitrogen and oxygen atoms in total. The molecule has 22 heavy (non-hydrogen) atoms. The van der Waals surface area contributed by atoms with Gasteiger partial charge < -0.3 is 15.1 Å². The number of para-hydroxylation sites is 1.